The van der Waals surface area contributed by atoms with Crippen LogP contribution in [0.4, 0.5) is 5.69 Å². The molecule has 192 valence electrons. The van der Waals surface area contributed by atoms with E-state index in [0.29, 0.717) is 5.92 Å². The molecule has 1 amide bonds. The van der Waals surface area contributed by atoms with Crippen LogP contribution in [-0.4, -0.2) is 87.3 Å². The highest BCUT2D eigenvalue weighted by molar-refractivity contribution is 6.27. The Hall–Kier alpha value is -4.58. The first-order chi connectivity index (χ1) is 16.9. The summed E-state index contributed by atoms with van der Waals surface area (Å²) in [4.78, 5) is 57.3. The van der Waals surface area contributed by atoms with Crippen molar-refractivity contribution in [1.29, 1.82) is 0 Å². The quantitative estimate of drug-likeness (QED) is 0.348. The highest BCUT2D eigenvalue weighted by Crippen LogP contribution is 2.30. The van der Waals surface area contributed by atoms with Gasteiger partial charge in [0.1, 0.15) is 0 Å². The van der Waals surface area contributed by atoms with Crippen molar-refractivity contribution in [3.63, 3.8) is 0 Å². The number of rotatable bonds is 4. The predicted molar refractivity (Wildman–Crippen MR) is 128 cm³/mol. The minimum atomic E-state index is -1.82. The Bertz CT molecular complexity index is 1050. The summed E-state index contributed by atoms with van der Waals surface area (Å²) >= 11 is 0. The first-order valence-corrected chi connectivity index (χ1v) is 10.5. The summed E-state index contributed by atoms with van der Waals surface area (Å²) < 4.78 is 0. The Morgan fingerprint density at radius 3 is 2.03 bits per heavy atom. The maximum absolute atomic E-state index is 12.8. The Labute approximate surface area is 206 Å². The molecule has 0 fully saturated rings. The number of carboxylic acids is 4. The molecule has 0 aliphatic carbocycles. The number of carbonyl (C=O) groups excluding carboxylic acids is 1. The first-order valence-electron chi connectivity index (χ1n) is 10.5. The van der Waals surface area contributed by atoms with Gasteiger partial charge in [0.15, 0.2) is 0 Å². The van der Waals surface area contributed by atoms with Gasteiger partial charge < -0.3 is 30.2 Å². The minimum Gasteiger partial charge on any atom is -0.473 e. The van der Waals surface area contributed by atoms with E-state index in [2.05, 4.69) is 30.0 Å². The van der Waals surface area contributed by atoms with Crippen LogP contribution in [0.25, 0.3) is 6.08 Å². The summed E-state index contributed by atoms with van der Waals surface area (Å²) in [7, 11) is 4.16. The molecule has 12 nitrogen and oxygen atoms in total. The molecule has 0 saturated heterocycles. The SMILES string of the molecule is CN(C)CC1Cc2ccccc2N(C(=O)C=Cc2cccnc2)C1.O=C(O)C(=O)O.O=C(O)C(=O)O. The van der Waals surface area contributed by atoms with Gasteiger partial charge in [0.2, 0.25) is 0 Å². The molecule has 1 aromatic heterocycles. The molecule has 3 rings (SSSR count). The smallest absolute Gasteiger partial charge is 0.414 e. The van der Waals surface area contributed by atoms with Crippen molar-refractivity contribution in [3.8, 4) is 0 Å². The molecule has 1 unspecified atom stereocenters. The van der Waals surface area contributed by atoms with Crippen molar-refractivity contribution >= 4 is 41.5 Å². The zero-order chi connectivity index (χ0) is 27.3. The molecule has 1 aliphatic rings. The molecule has 1 aromatic carbocycles. The monoisotopic (exact) mass is 501 g/mol. The zero-order valence-electron chi connectivity index (χ0n) is 19.6. The third-order valence-electron chi connectivity index (χ3n) is 4.59. The normalized spacial score (nSPS) is 14.0. The van der Waals surface area contributed by atoms with E-state index in [4.69, 9.17) is 39.6 Å². The fourth-order valence-corrected chi connectivity index (χ4v) is 3.26. The van der Waals surface area contributed by atoms with Gasteiger partial charge in [0.05, 0.1) is 0 Å². The van der Waals surface area contributed by atoms with Crippen LogP contribution in [-0.2, 0) is 30.4 Å². The number of fused-ring (bicyclic) bond motifs is 1. The Morgan fingerprint density at radius 2 is 1.53 bits per heavy atom. The Morgan fingerprint density at radius 1 is 0.944 bits per heavy atom. The van der Waals surface area contributed by atoms with E-state index in [1.165, 1.54) is 5.56 Å². The van der Waals surface area contributed by atoms with E-state index < -0.39 is 23.9 Å². The fourth-order valence-electron chi connectivity index (χ4n) is 3.26. The van der Waals surface area contributed by atoms with Gasteiger partial charge in [0.25, 0.3) is 5.91 Å². The van der Waals surface area contributed by atoms with E-state index in [9.17, 15) is 4.79 Å². The Balaban J connectivity index is 0.000000450. The molecule has 2 heterocycles. The number of aliphatic carboxylic acids is 4. The van der Waals surface area contributed by atoms with Gasteiger partial charge in [-0.3, -0.25) is 9.78 Å². The van der Waals surface area contributed by atoms with Crippen LogP contribution < -0.4 is 4.90 Å². The lowest BCUT2D eigenvalue weighted by Gasteiger charge is -2.35. The van der Waals surface area contributed by atoms with Crippen molar-refractivity contribution in [2.24, 2.45) is 5.92 Å². The minimum absolute atomic E-state index is 0.0229. The maximum Gasteiger partial charge on any atom is 0.414 e. The zero-order valence-corrected chi connectivity index (χ0v) is 19.6. The van der Waals surface area contributed by atoms with Crippen LogP contribution >= 0.6 is 0 Å². The van der Waals surface area contributed by atoms with Crippen molar-refractivity contribution in [2.75, 3.05) is 32.1 Å². The highest BCUT2D eigenvalue weighted by atomic mass is 16.4. The van der Waals surface area contributed by atoms with Gasteiger partial charge in [-0.1, -0.05) is 24.3 Å². The van der Waals surface area contributed by atoms with Crippen molar-refractivity contribution in [2.45, 2.75) is 6.42 Å². The molecule has 0 bridgehead atoms. The summed E-state index contributed by atoms with van der Waals surface area (Å²) in [6.45, 7) is 1.73. The van der Waals surface area contributed by atoms with Crippen molar-refractivity contribution in [3.05, 3.63) is 66.0 Å². The van der Waals surface area contributed by atoms with Crippen molar-refractivity contribution < 1.29 is 44.4 Å². The lowest BCUT2D eigenvalue weighted by Crippen LogP contribution is -2.42. The molecular formula is C24H27N3O9. The van der Waals surface area contributed by atoms with E-state index in [0.717, 1.165) is 30.8 Å². The lowest BCUT2D eigenvalue weighted by atomic mass is 9.92. The summed E-state index contributed by atoms with van der Waals surface area (Å²) in [6.07, 6.45) is 7.97. The fraction of sp³-hybridized carbons (Fsp3) is 0.250. The van der Waals surface area contributed by atoms with Crippen LogP contribution in [0.3, 0.4) is 0 Å². The van der Waals surface area contributed by atoms with E-state index in [1.807, 2.05) is 41.3 Å². The van der Waals surface area contributed by atoms with Gasteiger partial charge in [0, 0.05) is 37.2 Å². The maximum atomic E-state index is 12.8. The number of aromatic nitrogens is 1. The predicted octanol–water partition coefficient (Wildman–Crippen LogP) is 1.17. The highest BCUT2D eigenvalue weighted by Gasteiger charge is 2.27. The number of nitrogens with zero attached hydrogens (tertiary/aromatic N) is 3. The van der Waals surface area contributed by atoms with E-state index >= 15 is 0 Å². The third-order valence-corrected chi connectivity index (χ3v) is 4.59. The second kappa shape index (κ2) is 14.6. The summed E-state index contributed by atoms with van der Waals surface area (Å²) in [6, 6.07) is 12.0. The molecule has 4 N–H and O–H groups in total. The van der Waals surface area contributed by atoms with Gasteiger partial charge >= 0.3 is 23.9 Å². The van der Waals surface area contributed by atoms with Gasteiger partial charge in [-0.25, -0.2) is 19.2 Å². The van der Waals surface area contributed by atoms with Crippen LogP contribution in [0.2, 0.25) is 0 Å². The average Bonchev–Trinajstić information content (AvgIpc) is 2.83. The van der Waals surface area contributed by atoms with Crippen LogP contribution in [0.5, 0.6) is 0 Å². The molecule has 1 aliphatic heterocycles. The topological polar surface area (TPSA) is 186 Å². The van der Waals surface area contributed by atoms with Crippen molar-refractivity contribution in [1.82, 2.24) is 9.88 Å². The number of pyridine rings is 1. The molecule has 12 heteroatoms. The number of para-hydroxylation sites is 1. The number of hydrogen-bond acceptors (Lipinski definition) is 7. The molecular weight excluding hydrogens is 474 g/mol. The number of carbonyl (C=O) groups is 5. The molecule has 1 atom stereocenters. The molecule has 2 aromatic rings. The standard InChI is InChI=1S/C20H23N3O.2C2H2O4/c1-22(2)14-17-12-18-7-3-4-8-19(18)23(15-17)20(24)10-9-16-6-5-11-21-13-16;2*3-1(4)2(5)6/h3-11,13,17H,12,14-15H2,1-2H3;2*(H,3,4)(H,5,6). The van der Waals surface area contributed by atoms with Gasteiger partial charge in [-0.05, 0) is 55.8 Å². The molecule has 36 heavy (non-hydrogen) atoms. The molecule has 0 radical (unpaired) electrons. The van der Waals surface area contributed by atoms with E-state index in [-0.39, 0.29) is 5.91 Å². The number of anilines is 1. The van der Waals surface area contributed by atoms with Gasteiger partial charge in [-0.2, -0.15) is 0 Å². The first kappa shape index (κ1) is 29.5. The summed E-state index contributed by atoms with van der Waals surface area (Å²) in [5.74, 6) is -6.82. The summed E-state index contributed by atoms with van der Waals surface area (Å²) in [5.41, 5.74) is 3.22. The Kier molecular flexibility index (Phi) is 12.0. The third kappa shape index (κ3) is 10.6. The average molecular weight is 501 g/mol. The molecule has 0 saturated carbocycles. The number of benzene rings is 1. The van der Waals surface area contributed by atoms with Gasteiger partial charge in [-0.15, -0.1) is 0 Å². The van der Waals surface area contributed by atoms with Crippen LogP contribution in [0.15, 0.2) is 54.9 Å². The number of carboxylic acid groups (broad SMARTS) is 4. The number of hydrogen-bond donors (Lipinski definition) is 4. The lowest BCUT2D eigenvalue weighted by molar-refractivity contribution is -0.159. The van der Waals surface area contributed by atoms with E-state index in [1.54, 1.807) is 18.5 Å². The number of amides is 1. The molecule has 0 spiro atoms. The van der Waals surface area contributed by atoms with Crippen LogP contribution in [0, 0.1) is 5.92 Å². The largest absolute Gasteiger partial charge is 0.473 e. The van der Waals surface area contributed by atoms with Crippen LogP contribution in [0.1, 0.15) is 11.1 Å². The summed E-state index contributed by atoms with van der Waals surface area (Å²) in [5, 5.41) is 29.6. The second-order valence-corrected chi connectivity index (χ2v) is 7.75. The second-order valence-electron chi connectivity index (χ2n) is 7.75.